The molecule has 8 heteroatoms. The number of anilines is 2. The summed E-state index contributed by atoms with van der Waals surface area (Å²) in [6, 6.07) is 12.1. The Kier molecular flexibility index (Phi) is 6.30. The quantitative estimate of drug-likeness (QED) is 0.516. The number of hydrogen-bond donors (Lipinski definition) is 1. The molecule has 1 aromatic heterocycles. The van der Waals surface area contributed by atoms with Crippen molar-refractivity contribution >= 4 is 11.4 Å². The summed E-state index contributed by atoms with van der Waals surface area (Å²) in [7, 11) is 0. The number of nitrogens with one attached hydrogen (secondary N) is 1. The van der Waals surface area contributed by atoms with Gasteiger partial charge in [-0.15, -0.1) is 10.2 Å². The van der Waals surface area contributed by atoms with Crippen LogP contribution >= 0.6 is 0 Å². The molecule has 28 heavy (non-hydrogen) atoms. The molecule has 1 N–H and O–H groups in total. The smallest absolute Gasteiger partial charge is 0.416 e. The number of nitrogens with zero attached hydrogens (tertiary/aromatic N) is 2. The number of halogens is 3. The van der Waals surface area contributed by atoms with E-state index in [1.165, 1.54) is 12.1 Å². The Morgan fingerprint density at radius 2 is 1.75 bits per heavy atom. The van der Waals surface area contributed by atoms with Crippen LogP contribution in [0.5, 0.6) is 0 Å². The van der Waals surface area contributed by atoms with E-state index in [1.54, 1.807) is 12.1 Å². The monoisotopic (exact) mass is 391 g/mol. The molecule has 3 aromatic rings. The van der Waals surface area contributed by atoms with Crippen molar-refractivity contribution in [1.29, 1.82) is 0 Å². The Morgan fingerprint density at radius 1 is 1.00 bits per heavy atom. The standard InChI is InChI=1S/C20H20F3N3O2/c1-2-12-27-13-11-18-25-26-19(28-18)16-5-3-4-6-17(16)24-15-9-7-14(8-10-15)20(21,22)23/h3-10,24H,2,11-13H2,1H3. The summed E-state index contributed by atoms with van der Waals surface area (Å²) in [5, 5.41) is 11.2. The lowest BCUT2D eigenvalue weighted by molar-refractivity contribution is -0.137. The molecule has 148 valence electrons. The van der Waals surface area contributed by atoms with Crippen molar-refractivity contribution < 1.29 is 22.3 Å². The van der Waals surface area contributed by atoms with Gasteiger partial charge in [-0.25, -0.2) is 0 Å². The Bertz CT molecular complexity index is 892. The van der Waals surface area contributed by atoms with Crippen LogP contribution in [0.25, 0.3) is 11.5 Å². The zero-order valence-corrected chi connectivity index (χ0v) is 15.3. The maximum absolute atomic E-state index is 12.7. The van der Waals surface area contributed by atoms with Crippen LogP contribution < -0.4 is 5.32 Å². The molecule has 3 rings (SSSR count). The molecule has 0 saturated carbocycles. The highest BCUT2D eigenvalue weighted by atomic mass is 19.4. The van der Waals surface area contributed by atoms with Crippen molar-refractivity contribution in [3.05, 3.63) is 60.0 Å². The van der Waals surface area contributed by atoms with Gasteiger partial charge in [0.1, 0.15) is 0 Å². The van der Waals surface area contributed by atoms with Crippen molar-refractivity contribution in [2.75, 3.05) is 18.5 Å². The Balaban J connectivity index is 1.74. The molecule has 2 aromatic carbocycles. The van der Waals surface area contributed by atoms with Crippen LogP contribution in [0.3, 0.4) is 0 Å². The third-order valence-electron chi connectivity index (χ3n) is 3.92. The zero-order chi connectivity index (χ0) is 20.0. The molecule has 0 fully saturated rings. The van der Waals surface area contributed by atoms with Crippen molar-refractivity contribution in [3.63, 3.8) is 0 Å². The molecule has 0 unspecified atom stereocenters. The molecule has 0 bridgehead atoms. The molecule has 0 aliphatic heterocycles. The van der Waals surface area contributed by atoms with Crippen molar-refractivity contribution in [2.45, 2.75) is 25.9 Å². The summed E-state index contributed by atoms with van der Waals surface area (Å²) in [6.07, 6.45) is -2.91. The van der Waals surface area contributed by atoms with Gasteiger partial charge in [-0.3, -0.25) is 0 Å². The van der Waals surface area contributed by atoms with Gasteiger partial charge in [0.15, 0.2) is 0 Å². The van der Waals surface area contributed by atoms with Crippen LogP contribution in [-0.2, 0) is 17.3 Å². The Hall–Kier alpha value is -2.87. The maximum atomic E-state index is 12.7. The van der Waals surface area contributed by atoms with Crippen LogP contribution in [0.4, 0.5) is 24.5 Å². The Morgan fingerprint density at radius 3 is 2.46 bits per heavy atom. The van der Waals surface area contributed by atoms with E-state index < -0.39 is 11.7 Å². The summed E-state index contributed by atoms with van der Waals surface area (Å²) in [5.41, 5.74) is 1.14. The summed E-state index contributed by atoms with van der Waals surface area (Å²) in [5.74, 6) is 0.802. The van der Waals surface area contributed by atoms with Crippen LogP contribution in [0, 0.1) is 0 Å². The van der Waals surface area contributed by atoms with E-state index >= 15 is 0 Å². The maximum Gasteiger partial charge on any atom is 0.416 e. The molecule has 0 amide bonds. The molecule has 1 heterocycles. The van der Waals surface area contributed by atoms with Gasteiger partial charge in [0.2, 0.25) is 11.8 Å². The summed E-state index contributed by atoms with van der Waals surface area (Å²) in [4.78, 5) is 0. The fourth-order valence-corrected chi connectivity index (χ4v) is 2.55. The van der Waals surface area contributed by atoms with Crippen LogP contribution in [0.15, 0.2) is 52.9 Å². The lowest BCUT2D eigenvalue weighted by atomic mass is 10.1. The first kappa shape index (κ1) is 19.9. The first-order chi connectivity index (χ1) is 13.5. The van der Waals surface area contributed by atoms with Gasteiger partial charge in [0.05, 0.1) is 23.4 Å². The molecule has 0 radical (unpaired) electrons. The van der Waals surface area contributed by atoms with Gasteiger partial charge in [-0.05, 0) is 42.8 Å². The average molecular weight is 391 g/mol. The van der Waals surface area contributed by atoms with E-state index in [-0.39, 0.29) is 0 Å². The first-order valence-electron chi connectivity index (χ1n) is 8.91. The third kappa shape index (κ3) is 5.10. The summed E-state index contributed by atoms with van der Waals surface area (Å²) < 4.78 is 49.2. The predicted octanol–water partition coefficient (Wildman–Crippen LogP) is 5.47. The summed E-state index contributed by atoms with van der Waals surface area (Å²) in [6.45, 7) is 3.22. The van der Waals surface area contributed by atoms with Crippen molar-refractivity contribution in [3.8, 4) is 11.5 Å². The fourth-order valence-electron chi connectivity index (χ4n) is 2.55. The number of alkyl halides is 3. The zero-order valence-electron chi connectivity index (χ0n) is 15.3. The second-order valence-electron chi connectivity index (χ2n) is 6.11. The Labute approximate surface area is 160 Å². The van der Waals surface area contributed by atoms with Gasteiger partial charge in [-0.2, -0.15) is 13.2 Å². The molecule has 0 spiro atoms. The topological polar surface area (TPSA) is 60.2 Å². The van der Waals surface area contributed by atoms with Crippen LogP contribution in [0.2, 0.25) is 0 Å². The minimum absolute atomic E-state index is 0.334. The molecular formula is C20H20F3N3O2. The van der Waals surface area contributed by atoms with Gasteiger partial charge in [-0.1, -0.05) is 19.1 Å². The van der Waals surface area contributed by atoms with E-state index in [0.29, 0.717) is 48.4 Å². The second-order valence-corrected chi connectivity index (χ2v) is 6.11. The number of para-hydroxylation sites is 1. The molecule has 0 atom stereocenters. The minimum Gasteiger partial charge on any atom is -0.421 e. The summed E-state index contributed by atoms with van der Waals surface area (Å²) >= 11 is 0. The van der Waals surface area contributed by atoms with Gasteiger partial charge in [0.25, 0.3) is 0 Å². The van der Waals surface area contributed by atoms with Gasteiger partial charge >= 0.3 is 6.18 Å². The van der Waals surface area contributed by atoms with Gasteiger partial charge < -0.3 is 14.5 Å². The van der Waals surface area contributed by atoms with Crippen LogP contribution in [-0.4, -0.2) is 23.4 Å². The largest absolute Gasteiger partial charge is 0.421 e. The van der Waals surface area contributed by atoms with Crippen molar-refractivity contribution in [1.82, 2.24) is 10.2 Å². The van der Waals surface area contributed by atoms with E-state index in [2.05, 4.69) is 15.5 Å². The number of aromatic nitrogens is 2. The number of rotatable bonds is 8. The minimum atomic E-state index is -4.36. The average Bonchev–Trinajstić information content (AvgIpc) is 3.14. The highest BCUT2D eigenvalue weighted by Gasteiger charge is 2.29. The van der Waals surface area contributed by atoms with Crippen molar-refractivity contribution in [2.24, 2.45) is 0 Å². The number of ether oxygens (including phenoxy) is 1. The molecular weight excluding hydrogens is 371 g/mol. The fraction of sp³-hybridized carbons (Fsp3) is 0.300. The molecule has 0 aliphatic rings. The first-order valence-corrected chi connectivity index (χ1v) is 8.91. The van der Waals surface area contributed by atoms with E-state index in [1.807, 2.05) is 19.1 Å². The molecule has 0 saturated heterocycles. The molecule has 5 nitrogen and oxygen atoms in total. The van der Waals surface area contributed by atoms with E-state index in [0.717, 1.165) is 18.6 Å². The molecule has 0 aliphatic carbocycles. The van der Waals surface area contributed by atoms with Crippen LogP contribution in [0.1, 0.15) is 24.8 Å². The second kappa shape index (κ2) is 8.88. The normalized spacial score (nSPS) is 11.6. The van der Waals surface area contributed by atoms with Gasteiger partial charge in [0, 0.05) is 18.7 Å². The number of benzene rings is 2. The number of hydrogen-bond acceptors (Lipinski definition) is 5. The third-order valence-corrected chi connectivity index (χ3v) is 3.92. The highest BCUT2D eigenvalue weighted by molar-refractivity contribution is 5.76. The highest BCUT2D eigenvalue weighted by Crippen LogP contribution is 2.32. The van der Waals surface area contributed by atoms with E-state index in [4.69, 9.17) is 9.15 Å². The predicted molar refractivity (Wildman–Crippen MR) is 99.3 cm³/mol. The SMILES string of the molecule is CCCOCCc1nnc(-c2ccccc2Nc2ccc(C(F)(F)F)cc2)o1. The van der Waals surface area contributed by atoms with E-state index in [9.17, 15) is 13.2 Å². The lowest BCUT2D eigenvalue weighted by Gasteiger charge is -2.11. The lowest BCUT2D eigenvalue weighted by Crippen LogP contribution is -2.04.